The topological polar surface area (TPSA) is 90.1 Å². The van der Waals surface area contributed by atoms with Gasteiger partial charge in [0.1, 0.15) is 17.8 Å². The molecule has 2 aromatic heterocycles. The highest BCUT2D eigenvalue weighted by Crippen LogP contribution is 2.32. The van der Waals surface area contributed by atoms with Crippen molar-refractivity contribution in [2.24, 2.45) is 0 Å². The van der Waals surface area contributed by atoms with Crippen LogP contribution in [0.1, 0.15) is 17.3 Å². The van der Waals surface area contributed by atoms with Crippen LogP contribution in [0.5, 0.6) is 0 Å². The summed E-state index contributed by atoms with van der Waals surface area (Å²) in [6.45, 7) is 1.95. The molecule has 0 fully saturated rings. The van der Waals surface area contributed by atoms with Crippen LogP contribution in [0, 0.1) is 0 Å². The monoisotopic (exact) mass is 420 g/mol. The lowest BCUT2D eigenvalue weighted by Gasteiger charge is -2.07. The number of ether oxygens (including phenoxy) is 1. The molecule has 4 rings (SSSR count). The predicted octanol–water partition coefficient (Wildman–Crippen LogP) is 5.37. The first-order valence-electron chi connectivity index (χ1n) is 9.23. The first kappa shape index (κ1) is 19.6. The van der Waals surface area contributed by atoms with Gasteiger partial charge in [0.15, 0.2) is 5.56 Å². The summed E-state index contributed by atoms with van der Waals surface area (Å²) in [6.07, 6.45) is 1.44. The smallest absolute Gasteiger partial charge is 0.346 e. The van der Waals surface area contributed by atoms with Crippen molar-refractivity contribution in [2.75, 3.05) is 11.9 Å². The molecule has 7 nitrogen and oxygen atoms in total. The fraction of sp³-hybridized carbons (Fsp3) is 0.0909. The first-order chi connectivity index (χ1) is 14.7. The summed E-state index contributed by atoms with van der Waals surface area (Å²) in [5, 5.41) is 7.66. The molecule has 150 valence electrons. The SMILES string of the molecule is CCOC(=O)c1c(-c2ccc(Cl)cc2)noc1Nc1cc(-c2ccccc2)ncn1. The number of esters is 1. The lowest BCUT2D eigenvalue weighted by atomic mass is 10.1. The summed E-state index contributed by atoms with van der Waals surface area (Å²) in [5.41, 5.74) is 2.87. The highest BCUT2D eigenvalue weighted by Gasteiger charge is 2.26. The normalized spacial score (nSPS) is 10.6. The van der Waals surface area contributed by atoms with Gasteiger partial charge in [0, 0.05) is 22.2 Å². The number of anilines is 2. The molecule has 0 amide bonds. The Labute approximate surface area is 177 Å². The second-order valence-corrected chi connectivity index (χ2v) is 6.68. The van der Waals surface area contributed by atoms with Crippen LogP contribution in [0.25, 0.3) is 22.5 Å². The van der Waals surface area contributed by atoms with Gasteiger partial charge in [-0.15, -0.1) is 0 Å². The molecule has 0 radical (unpaired) electrons. The number of aromatic nitrogens is 3. The van der Waals surface area contributed by atoms with Crippen LogP contribution < -0.4 is 5.32 Å². The van der Waals surface area contributed by atoms with Crippen LogP contribution in [0.4, 0.5) is 11.7 Å². The molecule has 0 saturated heterocycles. The highest BCUT2D eigenvalue weighted by molar-refractivity contribution is 6.30. The van der Waals surface area contributed by atoms with E-state index >= 15 is 0 Å². The third-order valence-corrected chi connectivity index (χ3v) is 4.52. The fourth-order valence-corrected chi connectivity index (χ4v) is 3.01. The van der Waals surface area contributed by atoms with E-state index in [0.717, 1.165) is 11.3 Å². The Morgan fingerprint density at radius 3 is 2.57 bits per heavy atom. The number of carbonyl (C=O) groups is 1. The van der Waals surface area contributed by atoms with Gasteiger partial charge in [-0.2, -0.15) is 0 Å². The summed E-state index contributed by atoms with van der Waals surface area (Å²) >= 11 is 5.97. The Hall–Kier alpha value is -3.71. The van der Waals surface area contributed by atoms with Gasteiger partial charge in [-0.05, 0) is 19.1 Å². The molecule has 0 aliphatic heterocycles. The van der Waals surface area contributed by atoms with Crippen molar-refractivity contribution in [3.05, 3.63) is 77.6 Å². The number of nitrogens with one attached hydrogen (secondary N) is 1. The molecule has 0 aliphatic rings. The van der Waals surface area contributed by atoms with Gasteiger partial charge in [-0.3, -0.25) is 0 Å². The molecular formula is C22H17ClN4O3. The van der Waals surface area contributed by atoms with Crippen molar-refractivity contribution in [3.8, 4) is 22.5 Å². The van der Waals surface area contributed by atoms with Crippen LogP contribution in [0.2, 0.25) is 5.02 Å². The predicted molar refractivity (Wildman–Crippen MR) is 114 cm³/mol. The molecule has 2 aromatic carbocycles. The van der Waals surface area contributed by atoms with Gasteiger partial charge in [-0.25, -0.2) is 14.8 Å². The molecule has 2 heterocycles. The van der Waals surface area contributed by atoms with Crippen LogP contribution in [0.3, 0.4) is 0 Å². The number of hydrogen-bond donors (Lipinski definition) is 1. The van der Waals surface area contributed by atoms with E-state index in [-0.39, 0.29) is 18.1 Å². The number of rotatable bonds is 6. The maximum absolute atomic E-state index is 12.6. The Balaban J connectivity index is 1.71. The maximum atomic E-state index is 12.6. The largest absolute Gasteiger partial charge is 0.462 e. The number of carbonyl (C=O) groups excluding carboxylic acids is 1. The van der Waals surface area contributed by atoms with E-state index in [2.05, 4.69) is 20.4 Å². The molecule has 0 aliphatic carbocycles. The Bertz CT molecular complexity index is 1160. The van der Waals surface area contributed by atoms with E-state index in [1.807, 2.05) is 30.3 Å². The van der Waals surface area contributed by atoms with Crippen molar-refractivity contribution < 1.29 is 14.1 Å². The Kier molecular flexibility index (Phi) is 5.72. The zero-order valence-corrected chi connectivity index (χ0v) is 16.8. The summed E-state index contributed by atoms with van der Waals surface area (Å²) < 4.78 is 10.6. The van der Waals surface area contributed by atoms with Crippen molar-refractivity contribution in [3.63, 3.8) is 0 Å². The van der Waals surface area contributed by atoms with Gasteiger partial charge in [0.25, 0.3) is 0 Å². The lowest BCUT2D eigenvalue weighted by molar-refractivity contribution is 0.0528. The maximum Gasteiger partial charge on any atom is 0.346 e. The number of hydrogen-bond acceptors (Lipinski definition) is 7. The van der Waals surface area contributed by atoms with E-state index in [1.165, 1.54) is 6.33 Å². The molecule has 0 spiro atoms. The van der Waals surface area contributed by atoms with Crippen molar-refractivity contribution >= 4 is 29.3 Å². The summed E-state index contributed by atoms with van der Waals surface area (Å²) in [4.78, 5) is 21.2. The number of halogens is 1. The van der Waals surface area contributed by atoms with Crippen LogP contribution >= 0.6 is 11.6 Å². The number of nitrogens with zero attached hydrogens (tertiary/aromatic N) is 3. The Morgan fingerprint density at radius 2 is 1.83 bits per heavy atom. The molecule has 4 aromatic rings. The fourth-order valence-electron chi connectivity index (χ4n) is 2.88. The van der Waals surface area contributed by atoms with E-state index in [1.54, 1.807) is 37.3 Å². The lowest BCUT2D eigenvalue weighted by Crippen LogP contribution is -2.08. The first-order valence-corrected chi connectivity index (χ1v) is 9.60. The average Bonchev–Trinajstić information content (AvgIpc) is 3.19. The molecular weight excluding hydrogens is 404 g/mol. The average molecular weight is 421 g/mol. The van der Waals surface area contributed by atoms with Crippen molar-refractivity contribution in [1.29, 1.82) is 0 Å². The second kappa shape index (κ2) is 8.75. The van der Waals surface area contributed by atoms with E-state index in [0.29, 0.717) is 22.1 Å². The number of benzene rings is 2. The van der Waals surface area contributed by atoms with Gasteiger partial charge >= 0.3 is 5.97 Å². The zero-order valence-electron chi connectivity index (χ0n) is 16.0. The van der Waals surface area contributed by atoms with Gasteiger partial charge in [0.2, 0.25) is 5.88 Å². The molecule has 0 unspecified atom stereocenters. The molecule has 0 atom stereocenters. The molecule has 1 N–H and O–H groups in total. The molecule has 8 heteroatoms. The standard InChI is InChI=1S/C22H17ClN4O3/c1-2-29-22(28)19-20(15-8-10-16(23)11-9-15)27-30-21(19)26-18-12-17(24-13-25-18)14-6-4-3-5-7-14/h3-13H,2H2,1H3,(H,24,25,26). The van der Waals surface area contributed by atoms with E-state index in [9.17, 15) is 4.79 Å². The Morgan fingerprint density at radius 1 is 1.07 bits per heavy atom. The minimum Gasteiger partial charge on any atom is -0.462 e. The van der Waals surface area contributed by atoms with E-state index in [4.69, 9.17) is 20.9 Å². The summed E-state index contributed by atoms with van der Waals surface area (Å²) in [5.74, 6) is 0.0351. The van der Waals surface area contributed by atoms with Crippen molar-refractivity contribution in [2.45, 2.75) is 6.92 Å². The minimum absolute atomic E-state index is 0.135. The highest BCUT2D eigenvalue weighted by atomic mass is 35.5. The quantitative estimate of drug-likeness (QED) is 0.419. The van der Waals surface area contributed by atoms with Crippen LogP contribution in [-0.2, 0) is 4.74 Å². The third kappa shape index (κ3) is 4.16. The molecule has 0 bridgehead atoms. The van der Waals surface area contributed by atoms with Gasteiger partial charge < -0.3 is 14.6 Å². The van der Waals surface area contributed by atoms with Crippen LogP contribution in [0.15, 0.2) is 71.5 Å². The molecule has 0 saturated carbocycles. The zero-order chi connectivity index (χ0) is 20.9. The van der Waals surface area contributed by atoms with E-state index < -0.39 is 5.97 Å². The van der Waals surface area contributed by atoms with Gasteiger partial charge in [0.05, 0.1) is 12.3 Å². The summed E-state index contributed by atoms with van der Waals surface area (Å²) in [6, 6.07) is 18.4. The molecule has 30 heavy (non-hydrogen) atoms. The third-order valence-electron chi connectivity index (χ3n) is 4.27. The minimum atomic E-state index is -0.552. The van der Waals surface area contributed by atoms with Gasteiger partial charge in [-0.1, -0.05) is 59.2 Å². The summed E-state index contributed by atoms with van der Waals surface area (Å²) in [7, 11) is 0. The van der Waals surface area contributed by atoms with Crippen LogP contribution in [-0.4, -0.2) is 27.7 Å². The second-order valence-electron chi connectivity index (χ2n) is 6.24. The van der Waals surface area contributed by atoms with Crippen molar-refractivity contribution in [1.82, 2.24) is 15.1 Å².